The molecule has 0 atom stereocenters. The van der Waals surface area contributed by atoms with E-state index in [1.54, 1.807) is 0 Å². The minimum absolute atomic E-state index is 0.0709. The quantitative estimate of drug-likeness (QED) is 0.218. The molecule has 3 N–H and O–H groups in total. The van der Waals surface area contributed by atoms with Crippen LogP contribution in [-0.2, 0) is 0 Å². The molecule has 3 rings (SSSR count). The summed E-state index contributed by atoms with van der Waals surface area (Å²) in [4.78, 5) is 0. The van der Waals surface area contributed by atoms with Crippen molar-refractivity contribution in [2.75, 3.05) is 66.0 Å². The first-order chi connectivity index (χ1) is 21.6. The lowest BCUT2D eigenvalue weighted by atomic mass is 9.43. The van der Waals surface area contributed by atoms with Crippen molar-refractivity contribution < 1.29 is 0 Å². The molecular weight excluding hydrogens is 554 g/mol. The van der Waals surface area contributed by atoms with E-state index in [2.05, 4.69) is 155 Å². The first-order valence-corrected chi connectivity index (χ1v) is 18.6. The molecule has 0 radical (unpaired) electrons. The molecule has 0 saturated carbocycles. The number of rotatable bonds is 15. The Morgan fingerprint density at radius 3 is 0.911 bits per heavy atom. The summed E-state index contributed by atoms with van der Waals surface area (Å²) in [5, 5.41) is 12.2. The molecule has 45 heavy (non-hydrogen) atoms. The van der Waals surface area contributed by atoms with Crippen LogP contribution < -0.4 is 15.5 Å². The molecule has 12 nitrogen and oxygen atoms in total. The Kier molecular flexibility index (Phi) is 16.0. The van der Waals surface area contributed by atoms with Gasteiger partial charge in [-0.2, -0.15) is 0 Å². The molecule has 0 amide bonds. The number of hydrogen-bond donors (Lipinski definition) is 3. The third kappa shape index (κ3) is 7.50. The van der Waals surface area contributed by atoms with Crippen molar-refractivity contribution in [1.29, 1.82) is 0 Å². The van der Waals surface area contributed by atoms with Gasteiger partial charge in [-0.1, -0.05) is 89.7 Å². The monoisotopic (exact) mass is 621 g/mol. The molecule has 0 aromatic rings. The van der Waals surface area contributed by atoms with E-state index < -0.39 is 0 Å². The fraction of sp³-hybridized carbons (Fsp3) is 1.00. The Bertz CT molecular complexity index is 814. The lowest BCUT2D eigenvalue weighted by molar-refractivity contribution is 0.415. The van der Waals surface area contributed by atoms with Crippen molar-refractivity contribution in [3.63, 3.8) is 0 Å². The van der Waals surface area contributed by atoms with E-state index >= 15 is 0 Å². The molecule has 0 spiro atoms. The van der Waals surface area contributed by atoms with Gasteiger partial charge in [-0.15, -0.1) is 0 Å². The smallest absolute Gasteiger partial charge is 0.357 e. The lowest BCUT2D eigenvalue weighted by Crippen LogP contribution is -2.91. The molecule has 248 valence electrons. The molecule has 0 aliphatic carbocycles. The molecular formula is C24H65B9N12. The Labute approximate surface area is 283 Å². The third-order valence-electron chi connectivity index (χ3n) is 11.3. The van der Waals surface area contributed by atoms with Crippen molar-refractivity contribution in [3.05, 3.63) is 0 Å². The highest BCUT2D eigenvalue weighted by Gasteiger charge is 2.58. The van der Waals surface area contributed by atoms with E-state index in [1.807, 2.05) is 0 Å². The van der Waals surface area contributed by atoms with Crippen LogP contribution >= 0.6 is 0 Å². The highest BCUT2D eigenvalue weighted by molar-refractivity contribution is 6.94. The normalized spacial score (nSPS) is 22.4. The minimum Gasteiger partial charge on any atom is -0.357 e. The molecule has 0 aromatic heterocycles. The predicted octanol–water partition coefficient (Wildman–Crippen LogP) is 0.110. The van der Waals surface area contributed by atoms with Crippen molar-refractivity contribution in [3.8, 4) is 0 Å². The first-order valence-electron chi connectivity index (χ1n) is 18.6. The van der Waals surface area contributed by atoms with Crippen molar-refractivity contribution in [2.45, 2.75) is 96.0 Å². The first kappa shape index (κ1) is 39.5. The van der Waals surface area contributed by atoms with Gasteiger partial charge in [0.1, 0.15) is 0 Å². The van der Waals surface area contributed by atoms with Crippen LogP contribution in [0.2, 0.25) is 26.8 Å². The van der Waals surface area contributed by atoms with Crippen LogP contribution in [0.1, 0.15) is 69.2 Å². The summed E-state index contributed by atoms with van der Waals surface area (Å²) in [6, 6.07) is 0. The van der Waals surface area contributed by atoms with Gasteiger partial charge >= 0.3 is 35.6 Å². The summed E-state index contributed by atoms with van der Waals surface area (Å²) in [5.74, 6) is 0. The summed E-state index contributed by atoms with van der Waals surface area (Å²) in [5.41, 5.74) is 0. The summed E-state index contributed by atoms with van der Waals surface area (Å²) in [6.07, 6.45) is 1.12. The summed E-state index contributed by atoms with van der Waals surface area (Å²) < 4.78 is 23.8. The zero-order valence-electron chi connectivity index (χ0n) is 31.8. The molecule has 0 bridgehead atoms. The van der Waals surface area contributed by atoms with Gasteiger partial charge in [0.2, 0.25) is 0 Å². The fourth-order valence-corrected chi connectivity index (χ4v) is 8.99. The van der Waals surface area contributed by atoms with Crippen LogP contribution in [0.25, 0.3) is 0 Å². The zero-order valence-corrected chi connectivity index (χ0v) is 31.8. The van der Waals surface area contributed by atoms with Gasteiger partial charge in [-0.25, -0.2) is 0 Å². The van der Waals surface area contributed by atoms with Crippen molar-refractivity contribution >= 4 is 63.5 Å². The third-order valence-corrected chi connectivity index (χ3v) is 11.3. The molecule has 21 heteroatoms. The van der Waals surface area contributed by atoms with Crippen LogP contribution in [0, 0.1) is 0 Å². The average Bonchev–Trinajstić information content (AvgIpc) is 3.04. The molecule has 3 saturated heterocycles. The summed E-state index contributed by atoms with van der Waals surface area (Å²) in [6.45, 7) is 40.6. The largest absolute Gasteiger partial charge is 0.380 e. The number of hydrogen-bond acceptors (Lipinski definition) is 12. The molecule has 3 heterocycles. The standard InChI is InChI=1S/C24H65B9N12/c1-15-28-37(16-2)25(11)39(18-4)30(43(28)22-8)35-32-41(20-6)27(13)42(21-7)33(45(32)24-10)36-31-40(19-5)26(12)38(17-3)29(34-14)44(31)23-9/h34-36H,15-24H2,1-14H3. The van der Waals surface area contributed by atoms with E-state index in [-0.39, 0.29) is 42.6 Å². The molecule has 3 fully saturated rings. The maximum Gasteiger partial charge on any atom is 0.380 e. The van der Waals surface area contributed by atoms with Gasteiger partial charge in [0.15, 0.2) is 0 Å². The van der Waals surface area contributed by atoms with Crippen LogP contribution in [0.3, 0.4) is 0 Å². The maximum atomic E-state index is 4.30. The van der Waals surface area contributed by atoms with Crippen LogP contribution in [-0.4, -0.2) is 172 Å². The second-order valence-electron chi connectivity index (χ2n) is 12.7. The summed E-state index contributed by atoms with van der Waals surface area (Å²) in [7, 11) is 2.68. The minimum atomic E-state index is 0.0709. The number of nitrogens with zero attached hydrogens (tertiary/aromatic N) is 9. The summed E-state index contributed by atoms with van der Waals surface area (Å²) >= 11 is 0. The van der Waals surface area contributed by atoms with Crippen LogP contribution in [0.4, 0.5) is 0 Å². The van der Waals surface area contributed by atoms with Crippen molar-refractivity contribution in [1.82, 2.24) is 58.0 Å². The second kappa shape index (κ2) is 18.2. The van der Waals surface area contributed by atoms with Gasteiger partial charge in [-0.3, -0.25) is 0 Å². The molecule has 3 aliphatic heterocycles. The highest BCUT2D eigenvalue weighted by atomic mass is 15.5. The van der Waals surface area contributed by atoms with E-state index in [4.69, 9.17) is 0 Å². The zero-order chi connectivity index (χ0) is 33.6. The van der Waals surface area contributed by atoms with Gasteiger partial charge < -0.3 is 58.0 Å². The van der Waals surface area contributed by atoms with E-state index in [0.717, 1.165) is 65.2 Å². The maximum absolute atomic E-state index is 4.30. The Balaban J connectivity index is 2.06. The van der Waals surface area contributed by atoms with E-state index in [1.165, 1.54) is 0 Å². The molecule has 0 aromatic carbocycles. The highest BCUT2D eigenvalue weighted by Crippen LogP contribution is 2.24. The molecule has 3 aliphatic rings. The van der Waals surface area contributed by atoms with E-state index in [9.17, 15) is 0 Å². The fourth-order valence-electron chi connectivity index (χ4n) is 8.99. The van der Waals surface area contributed by atoms with Crippen LogP contribution in [0.15, 0.2) is 0 Å². The predicted molar refractivity (Wildman–Crippen MR) is 207 cm³/mol. The molecule has 0 unspecified atom stereocenters. The van der Waals surface area contributed by atoms with Gasteiger partial charge in [0.25, 0.3) is 27.9 Å². The Morgan fingerprint density at radius 2 is 0.622 bits per heavy atom. The van der Waals surface area contributed by atoms with Crippen molar-refractivity contribution in [2.24, 2.45) is 0 Å². The second-order valence-corrected chi connectivity index (χ2v) is 12.7. The van der Waals surface area contributed by atoms with Gasteiger partial charge in [-0.05, 0) is 72.3 Å². The van der Waals surface area contributed by atoms with Gasteiger partial charge in [0.05, 0.1) is 0 Å². The van der Waals surface area contributed by atoms with Gasteiger partial charge in [0, 0.05) is 0 Å². The van der Waals surface area contributed by atoms with Crippen LogP contribution in [0.5, 0.6) is 0 Å². The lowest BCUT2D eigenvalue weighted by Gasteiger charge is -2.58. The number of nitrogens with one attached hydrogen (secondary N) is 3. The SMILES string of the molecule is CCB1N(CC)B(C)N(CC)B(NB2N(CC)B(C)N(CC)B(NB3N(CC)B(C)N(CC)B(NC)N3CC)N2CC)N1CC. The average molecular weight is 619 g/mol. The Hall–Kier alpha value is 0.104. The topological polar surface area (TPSA) is 65.3 Å². The van der Waals surface area contributed by atoms with E-state index in [0.29, 0.717) is 20.9 Å². The Morgan fingerprint density at radius 1 is 0.356 bits per heavy atom.